The lowest BCUT2D eigenvalue weighted by Gasteiger charge is -2.55. The molecule has 0 radical (unpaired) electrons. The smallest absolute Gasteiger partial charge is 0.231 e. The summed E-state index contributed by atoms with van der Waals surface area (Å²) in [5, 5.41) is 4.55. The van der Waals surface area contributed by atoms with Gasteiger partial charge in [-0.15, -0.1) is 0 Å². The molecular weight excluding hydrogens is 508 g/mol. The minimum absolute atomic E-state index is 0.114. The van der Waals surface area contributed by atoms with Gasteiger partial charge in [-0.1, -0.05) is 31.4 Å². The topological polar surface area (TPSA) is 60.2 Å². The van der Waals surface area contributed by atoms with E-state index in [4.69, 9.17) is 9.72 Å². The van der Waals surface area contributed by atoms with Gasteiger partial charge in [-0.05, 0) is 118 Å². The minimum atomic E-state index is 0.114. The van der Waals surface area contributed by atoms with Crippen LogP contribution in [0.5, 0.6) is 5.75 Å². The van der Waals surface area contributed by atoms with Crippen LogP contribution in [0.3, 0.4) is 0 Å². The molecule has 41 heavy (non-hydrogen) atoms. The van der Waals surface area contributed by atoms with E-state index in [-0.39, 0.29) is 22.7 Å². The van der Waals surface area contributed by atoms with E-state index in [1.165, 1.54) is 36.8 Å². The first-order valence-electron chi connectivity index (χ1n) is 15.8. The Balaban J connectivity index is 1.27. The van der Waals surface area contributed by atoms with Crippen molar-refractivity contribution in [2.45, 2.75) is 103 Å². The Kier molecular flexibility index (Phi) is 7.69. The lowest BCUT2D eigenvalue weighted by molar-refractivity contribution is -0.124. The zero-order valence-electron chi connectivity index (χ0n) is 25.4. The lowest BCUT2D eigenvalue weighted by atomic mass is 9.51. The van der Waals surface area contributed by atoms with Crippen molar-refractivity contribution in [2.75, 3.05) is 18.6 Å². The van der Waals surface area contributed by atoms with Gasteiger partial charge in [-0.25, -0.2) is 4.98 Å². The van der Waals surface area contributed by atoms with Crippen molar-refractivity contribution in [3.8, 4) is 16.9 Å². The molecule has 0 atom stereocenters. The van der Waals surface area contributed by atoms with Crippen LogP contribution in [0.15, 0.2) is 48.9 Å². The fourth-order valence-electron chi connectivity index (χ4n) is 7.83. The van der Waals surface area contributed by atoms with E-state index < -0.39 is 0 Å². The third-order valence-corrected chi connectivity index (χ3v) is 10.6. The van der Waals surface area contributed by atoms with Crippen LogP contribution in [0.4, 0.5) is 5.82 Å². The number of hydrogen-bond acceptors (Lipinski definition) is 4. The fourth-order valence-corrected chi connectivity index (χ4v) is 7.83. The van der Waals surface area contributed by atoms with E-state index >= 15 is 0 Å². The summed E-state index contributed by atoms with van der Waals surface area (Å²) < 4.78 is 7.52. The quantitative estimate of drug-likeness (QED) is 0.283. The van der Waals surface area contributed by atoms with E-state index in [1.54, 1.807) is 7.11 Å². The first kappa shape index (κ1) is 28.0. The van der Waals surface area contributed by atoms with Gasteiger partial charge in [-0.3, -0.25) is 14.4 Å². The summed E-state index contributed by atoms with van der Waals surface area (Å²) in [6, 6.07) is 11.3. The predicted octanol–water partition coefficient (Wildman–Crippen LogP) is 8.05. The van der Waals surface area contributed by atoms with Gasteiger partial charge in [0, 0.05) is 36.5 Å². The van der Waals surface area contributed by atoms with Gasteiger partial charge >= 0.3 is 0 Å². The largest absolute Gasteiger partial charge is 0.496 e. The van der Waals surface area contributed by atoms with Crippen LogP contribution < -0.4 is 9.64 Å². The number of pyridine rings is 1. The number of aryl methyl sites for hydroxylation is 1. The number of methoxy groups -OCH3 is 1. The highest BCUT2D eigenvalue weighted by Crippen LogP contribution is 2.58. The van der Waals surface area contributed by atoms with Gasteiger partial charge in [0.1, 0.15) is 11.6 Å². The third-order valence-electron chi connectivity index (χ3n) is 10.6. The normalized spacial score (nSPS) is 24.5. The van der Waals surface area contributed by atoms with E-state index in [2.05, 4.69) is 61.2 Å². The molecular formula is C35H46N4O2. The summed E-state index contributed by atoms with van der Waals surface area (Å²) in [6.45, 7) is 7.20. The summed E-state index contributed by atoms with van der Waals surface area (Å²) in [5.74, 6) is 2.17. The molecule has 4 aliphatic carbocycles. The zero-order chi connectivity index (χ0) is 28.6. The maximum absolute atomic E-state index is 14.2. The summed E-state index contributed by atoms with van der Waals surface area (Å²) >= 11 is 0. The molecule has 2 aromatic heterocycles. The van der Waals surface area contributed by atoms with Crippen LogP contribution in [0, 0.1) is 18.3 Å². The van der Waals surface area contributed by atoms with Gasteiger partial charge in [-0.2, -0.15) is 5.10 Å². The van der Waals surface area contributed by atoms with Crippen LogP contribution in [-0.4, -0.2) is 34.3 Å². The molecule has 4 aliphatic rings. The lowest BCUT2D eigenvalue weighted by Crippen LogP contribution is -2.51. The van der Waals surface area contributed by atoms with Gasteiger partial charge in [0.15, 0.2) is 0 Å². The number of hydrogen-bond donors (Lipinski definition) is 0. The van der Waals surface area contributed by atoms with Crippen molar-refractivity contribution < 1.29 is 9.53 Å². The average molecular weight is 555 g/mol. The molecule has 0 N–H and O–H groups in total. The summed E-state index contributed by atoms with van der Waals surface area (Å²) in [5.41, 5.74) is 5.24. The second kappa shape index (κ2) is 11.3. The molecule has 2 heterocycles. The average Bonchev–Trinajstić information content (AvgIpc) is 3.52. The Labute approximate surface area is 245 Å². The fraction of sp³-hybridized carbons (Fsp3) is 0.571. The molecule has 6 nitrogen and oxygen atoms in total. The van der Waals surface area contributed by atoms with Crippen molar-refractivity contribution in [3.05, 3.63) is 60.0 Å². The van der Waals surface area contributed by atoms with E-state index in [0.717, 1.165) is 74.2 Å². The number of carbonyl (C=O) groups is 1. The number of aromatic nitrogens is 3. The van der Waals surface area contributed by atoms with E-state index in [9.17, 15) is 4.79 Å². The predicted molar refractivity (Wildman–Crippen MR) is 164 cm³/mol. The van der Waals surface area contributed by atoms with Gasteiger partial charge in [0.2, 0.25) is 5.91 Å². The Morgan fingerprint density at radius 2 is 1.76 bits per heavy atom. The third kappa shape index (κ3) is 5.42. The van der Waals surface area contributed by atoms with E-state index in [1.807, 2.05) is 23.1 Å². The second-order valence-electron chi connectivity index (χ2n) is 13.4. The number of rotatable bonds is 8. The molecule has 0 spiro atoms. The highest BCUT2D eigenvalue weighted by Gasteiger charge is 2.50. The highest BCUT2D eigenvalue weighted by molar-refractivity contribution is 5.95. The van der Waals surface area contributed by atoms with Gasteiger partial charge in [0.05, 0.1) is 13.3 Å². The van der Waals surface area contributed by atoms with Crippen LogP contribution in [-0.2, 0) is 10.2 Å². The van der Waals surface area contributed by atoms with Crippen molar-refractivity contribution in [1.29, 1.82) is 0 Å². The number of carbonyl (C=O) groups excluding carboxylic acids is 1. The SMILES string of the molecule is COc1ccc(C23CCC(CN(C(=O)C4CCCCC4)c4cc(-c5cnn(C(C)C)c5)ccn4)(CC2)CC3)cc1C. The number of ether oxygens (including phenoxy) is 1. The van der Waals surface area contributed by atoms with Crippen molar-refractivity contribution >= 4 is 11.7 Å². The van der Waals surface area contributed by atoms with Crippen LogP contribution >= 0.6 is 0 Å². The number of nitrogens with zero attached hydrogens (tertiary/aromatic N) is 4. The van der Waals surface area contributed by atoms with Crippen LogP contribution in [0.1, 0.15) is 102 Å². The molecule has 7 rings (SSSR count). The standard InChI is InChI=1S/C35H46N4O2/c1-25(2)39-23-29(22-37-39)28-12-19-36-32(21-28)38(33(40)27-8-6-5-7-9-27)24-34-13-16-35(17-14-34,18-15-34)30-10-11-31(41-4)26(3)20-30/h10-12,19-23,25,27H,5-9,13-18,24H2,1-4H3. The Morgan fingerprint density at radius 3 is 2.39 bits per heavy atom. The van der Waals surface area contributed by atoms with Crippen molar-refractivity contribution in [1.82, 2.24) is 14.8 Å². The molecule has 0 saturated heterocycles. The monoisotopic (exact) mass is 554 g/mol. The molecule has 0 unspecified atom stereocenters. The van der Waals surface area contributed by atoms with E-state index in [0.29, 0.717) is 6.04 Å². The van der Waals surface area contributed by atoms with Gasteiger partial charge in [0.25, 0.3) is 0 Å². The Bertz CT molecular complexity index is 1360. The summed E-state index contributed by atoms with van der Waals surface area (Å²) in [6.07, 6.45) is 18.5. The van der Waals surface area contributed by atoms with Crippen LogP contribution in [0.25, 0.3) is 11.1 Å². The summed E-state index contributed by atoms with van der Waals surface area (Å²) in [7, 11) is 1.75. The molecule has 4 fully saturated rings. The number of fused-ring (bicyclic) bond motifs is 3. The molecule has 1 amide bonds. The molecule has 218 valence electrons. The maximum atomic E-state index is 14.2. The second-order valence-corrected chi connectivity index (χ2v) is 13.4. The zero-order valence-corrected chi connectivity index (χ0v) is 25.4. The molecule has 4 saturated carbocycles. The Morgan fingerprint density at radius 1 is 1.02 bits per heavy atom. The van der Waals surface area contributed by atoms with Gasteiger partial charge < -0.3 is 4.74 Å². The first-order chi connectivity index (χ1) is 19.8. The number of anilines is 1. The molecule has 0 aliphatic heterocycles. The molecule has 2 bridgehead atoms. The van der Waals surface area contributed by atoms with Crippen LogP contribution in [0.2, 0.25) is 0 Å². The van der Waals surface area contributed by atoms with Crippen molar-refractivity contribution in [2.24, 2.45) is 11.3 Å². The minimum Gasteiger partial charge on any atom is -0.496 e. The summed E-state index contributed by atoms with van der Waals surface area (Å²) in [4.78, 5) is 21.1. The maximum Gasteiger partial charge on any atom is 0.231 e. The number of benzene rings is 1. The van der Waals surface area contributed by atoms with Crippen molar-refractivity contribution in [3.63, 3.8) is 0 Å². The first-order valence-corrected chi connectivity index (χ1v) is 15.8. The molecule has 1 aromatic carbocycles. The number of amides is 1. The Hall–Kier alpha value is -3.15. The highest BCUT2D eigenvalue weighted by atomic mass is 16.5. The molecule has 3 aromatic rings. The molecule has 6 heteroatoms.